The fourth-order valence-electron chi connectivity index (χ4n) is 4.92. The summed E-state index contributed by atoms with van der Waals surface area (Å²) < 4.78 is 12.8. The number of aromatic nitrogens is 1. The van der Waals surface area contributed by atoms with E-state index < -0.39 is 0 Å². The van der Waals surface area contributed by atoms with Gasteiger partial charge in [0.1, 0.15) is 21.8 Å². The van der Waals surface area contributed by atoms with E-state index >= 15 is 0 Å². The van der Waals surface area contributed by atoms with Crippen molar-refractivity contribution in [2.75, 3.05) is 44.4 Å². The minimum absolute atomic E-state index is 0.0623. The van der Waals surface area contributed by atoms with Crippen LogP contribution in [-0.4, -0.2) is 65.1 Å². The standard InChI is InChI=1S/C28H38N4O5S2/c1-5-8-13-31-24(30-12-9-11-20(18-30)27(35)37-7-3)21(19(4)22(17-29)25(31)33)16-23-26(34)32(28(38)39-23)14-10-15-36-6-2/h16,20H,5-15,18H2,1-4H3/b23-16-. The Hall–Kier alpha value is -2.68. The van der Waals surface area contributed by atoms with Crippen LogP contribution < -0.4 is 10.5 Å². The first-order valence-electron chi connectivity index (χ1n) is 13.7. The van der Waals surface area contributed by atoms with Crippen LogP contribution in [-0.2, 0) is 25.6 Å². The molecule has 0 N–H and O–H groups in total. The van der Waals surface area contributed by atoms with Crippen LogP contribution in [0.4, 0.5) is 5.82 Å². The van der Waals surface area contributed by atoms with Crippen molar-refractivity contribution in [2.24, 2.45) is 5.92 Å². The van der Waals surface area contributed by atoms with Crippen molar-refractivity contribution in [1.29, 1.82) is 5.26 Å². The van der Waals surface area contributed by atoms with E-state index in [4.69, 9.17) is 21.7 Å². The maximum Gasteiger partial charge on any atom is 0.310 e. The number of thiocarbonyl (C=S) groups is 1. The molecule has 2 aliphatic rings. The Morgan fingerprint density at radius 3 is 2.64 bits per heavy atom. The first kappa shape index (κ1) is 30.9. The molecule has 0 aromatic carbocycles. The van der Waals surface area contributed by atoms with Gasteiger partial charge in [-0.05, 0) is 58.1 Å². The lowest BCUT2D eigenvalue weighted by Crippen LogP contribution is -2.43. The van der Waals surface area contributed by atoms with E-state index in [0.29, 0.717) is 85.0 Å². The summed E-state index contributed by atoms with van der Waals surface area (Å²) in [5.74, 6) is -0.120. The number of anilines is 1. The van der Waals surface area contributed by atoms with E-state index in [1.807, 2.05) is 18.7 Å². The molecule has 0 bridgehead atoms. The summed E-state index contributed by atoms with van der Waals surface area (Å²) in [5.41, 5.74) is 0.872. The van der Waals surface area contributed by atoms with Gasteiger partial charge in [-0.25, -0.2) is 0 Å². The van der Waals surface area contributed by atoms with Crippen LogP contribution in [0.5, 0.6) is 0 Å². The van der Waals surface area contributed by atoms with Crippen LogP contribution in [0.25, 0.3) is 6.08 Å². The van der Waals surface area contributed by atoms with Crippen molar-refractivity contribution in [3.05, 3.63) is 31.9 Å². The summed E-state index contributed by atoms with van der Waals surface area (Å²) in [5, 5.41) is 9.91. The smallest absolute Gasteiger partial charge is 0.310 e. The minimum Gasteiger partial charge on any atom is -0.466 e. The maximum absolute atomic E-state index is 13.5. The lowest BCUT2D eigenvalue weighted by Gasteiger charge is -2.36. The first-order chi connectivity index (χ1) is 18.8. The zero-order valence-electron chi connectivity index (χ0n) is 23.3. The number of piperidine rings is 1. The van der Waals surface area contributed by atoms with Gasteiger partial charge in [0.2, 0.25) is 0 Å². The highest BCUT2D eigenvalue weighted by Gasteiger charge is 2.34. The Kier molecular flexibility index (Phi) is 11.6. The van der Waals surface area contributed by atoms with Gasteiger partial charge < -0.3 is 14.4 Å². The molecule has 1 aromatic heterocycles. The predicted octanol–water partition coefficient (Wildman–Crippen LogP) is 4.24. The number of hydrogen-bond acceptors (Lipinski definition) is 9. The zero-order valence-corrected chi connectivity index (χ0v) is 24.9. The normalized spacial score (nSPS) is 18.6. The van der Waals surface area contributed by atoms with Crippen molar-refractivity contribution in [2.45, 2.75) is 66.3 Å². The molecule has 39 heavy (non-hydrogen) atoms. The number of esters is 1. The summed E-state index contributed by atoms with van der Waals surface area (Å²) in [6, 6.07) is 2.09. The molecule has 212 valence electrons. The van der Waals surface area contributed by atoms with Gasteiger partial charge in [-0.15, -0.1) is 0 Å². The molecule has 1 atom stereocenters. The van der Waals surface area contributed by atoms with E-state index in [1.54, 1.807) is 29.4 Å². The molecule has 11 heteroatoms. The number of ether oxygens (including phenoxy) is 2. The number of amides is 1. The maximum atomic E-state index is 13.5. The van der Waals surface area contributed by atoms with Crippen molar-refractivity contribution in [3.8, 4) is 6.07 Å². The van der Waals surface area contributed by atoms with Gasteiger partial charge in [0.25, 0.3) is 11.5 Å². The van der Waals surface area contributed by atoms with E-state index in [1.165, 1.54) is 11.8 Å². The molecule has 1 unspecified atom stereocenters. The van der Waals surface area contributed by atoms with E-state index in [9.17, 15) is 19.6 Å². The number of unbranched alkanes of at least 4 members (excludes halogenated alkanes) is 1. The van der Waals surface area contributed by atoms with Crippen LogP contribution in [0.3, 0.4) is 0 Å². The van der Waals surface area contributed by atoms with Crippen molar-refractivity contribution >= 4 is 52.1 Å². The molecule has 0 aliphatic carbocycles. The summed E-state index contributed by atoms with van der Waals surface area (Å²) in [6.45, 7) is 10.9. The summed E-state index contributed by atoms with van der Waals surface area (Å²) in [4.78, 5) is 43.6. The highest BCUT2D eigenvalue weighted by molar-refractivity contribution is 8.26. The summed E-state index contributed by atoms with van der Waals surface area (Å²) in [6.07, 6.45) is 5.51. The lowest BCUT2D eigenvalue weighted by molar-refractivity contribution is -0.148. The molecule has 1 amide bonds. The molecule has 0 spiro atoms. The topological polar surface area (TPSA) is 105 Å². The second-order valence-corrected chi connectivity index (χ2v) is 11.3. The number of rotatable bonds is 12. The fraction of sp³-hybridized carbons (Fsp3) is 0.607. The molecular weight excluding hydrogens is 536 g/mol. The quantitative estimate of drug-likeness (QED) is 0.157. The minimum atomic E-state index is -0.350. The van der Waals surface area contributed by atoms with Gasteiger partial charge in [-0.2, -0.15) is 5.26 Å². The monoisotopic (exact) mass is 574 g/mol. The van der Waals surface area contributed by atoms with E-state index in [0.717, 1.165) is 19.3 Å². The fourth-order valence-corrected chi connectivity index (χ4v) is 6.21. The average molecular weight is 575 g/mol. The molecule has 3 heterocycles. The lowest BCUT2D eigenvalue weighted by atomic mass is 9.96. The highest BCUT2D eigenvalue weighted by Crippen LogP contribution is 2.37. The van der Waals surface area contributed by atoms with Crippen LogP contribution >= 0.6 is 24.0 Å². The van der Waals surface area contributed by atoms with Crippen molar-refractivity contribution < 1.29 is 19.1 Å². The second kappa shape index (κ2) is 14.6. The Morgan fingerprint density at radius 2 is 1.97 bits per heavy atom. The van der Waals surface area contributed by atoms with Crippen LogP contribution in [0.2, 0.25) is 0 Å². The third-order valence-corrected chi connectivity index (χ3v) is 8.32. The highest BCUT2D eigenvalue weighted by atomic mass is 32.2. The number of pyridine rings is 1. The first-order valence-corrected chi connectivity index (χ1v) is 14.9. The Bertz CT molecular complexity index is 1220. The molecule has 9 nitrogen and oxygen atoms in total. The third kappa shape index (κ3) is 7.10. The van der Waals surface area contributed by atoms with Gasteiger partial charge in [0.05, 0.1) is 17.4 Å². The Balaban J connectivity index is 2.11. The molecule has 3 rings (SSSR count). The van der Waals surface area contributed by atoms with Gasteiger partial charge in [-0.3, -0.25) is 23.9 Å². The van der Waals surface area contributed by atoms with E-state index in [-0.39, 0.29) is 28.9 Å². The molecule has 2 fully saturated rings. The number of thioether (sulfide) groups is 1. The van der Waals surface area contributed by atoms with Gasteiger partial charge in [0, 0.05) is 45.0 Å². The van der Waals surface area contributed by atoms with Crippen LogP contribution in [0, 0.1) is 24.2 Å². The average Bonchev–Trinajstić information content (AvgIpc) is 3.19. The summed E-state index contributed by atoms with van der Waals surface area (Å²) in [7, 11) is 0. The molecule has 0 saturated carbocycles. The largest absolute Gasteiger partial charge is 0.466 e. The number of carbonyl (C=O) groups is 2. The van der Waals surface area contributed by atoms with E-state index in [2.05, 4.69) is 6.07 Å². The number of nitrogens with zero attached hydrogens (tertiary/aromatic N) is 4. The SMILES string of the molecule is CCCCn1c(N2CCCC(C(=O)OCC)C2)c(/C=C2\SC(=S)N(CCCOCC)C2=O)c(C)c(C#N)c1=O. The number of nitriles is 1. The van der Waals surface area contributed by atoms with Gasteiger partial charge >= 0.3 is 5.97 Å². The Morgan fingerprint density at radius 1 is 1.21 bits per heavy atom. The van der Waals surface area contributed by atoms with Gasteiger partial charge in [-0.1, -0.05) is 37.3 Å². The molecular formula is C28H38N4O5S2. The number of carbonyl (C=O) groups excluding carboxylic acids is 2. The van der Waals surface area contributed by atoms with Crippen LogP contribution in [0.15, 0.2) is 9.70 Å². The number of hydrogen-bond donors (Lipinski definition) is 0. The molecule has 0 radical (unpaired) electrons. The summed E-state index contributed by atoms with van der Waals surface area (Å²) >= 11 is 6.74. The Labute approximate surface area is 240 Å². The third-order valence-electron chi connectivity index (χ3n) is 6.95. The molecule has 2 saturated heterocycles. The second-order valence-electron chi connectivity index (χ2n) is 9.58. The van der Waals surface area contributed by atoms with Gasteiger partial charge in [0.15, 0.2) is 0 Å². The zero-order chi connectivity index (χ0) is 28.5. The van der Waals surface area contributed by atoms with Crippen molar-refractivity contribution in [3.63, 3.8) is 0 Å². The molecule has 2 aliphatic heterocycles. The van der Waals surface area contributed by atoms with Crippen molar-refractivity contribution in [1.82, 2.24) is 9.47 Å². The molecule has 1 aromatic rings. The van der Waals surface area contributed by atoms with Crippen LogP contribution in [0.1, 0.15) is 69.6 Å². The predicted molar refractivity (Wildman–Crippen MR) is 158 cm³/mol.